The first-order chi connectivity index (χ1) is 4.93. The van der Waals surface area contributed by atoms with Crippen LogP contribution in [0.3, 0.4) is 0 Å². The smallest absolute Gasteiger partial charge is 0.123 e. The van der Waals surface area contributed by atoms with E-state index in [9.17, 15) is 0 Å². The molecule has 0 heterocycles. The third-order valence-corrected chi connectivity index (χ3v) is 7.19. The van der Waals surface area contributed by atoms with Gasteiger partial charge in [-0.3, -0.25) is 0 Å². The van der Waals surface area contributed by atoms with Crippen molar-refractivity contribution in [2.24, 2.45) is 5.40 Å². The third-order valence-electron chi connectivity index (χ3n) is 3.40. The molecule has 0 fully saturated rings. The van der Waals surface area contributed by atoms with Gasteiger partial charge in [-0.15, -0.1) is 0 Å². The van der Waals surface area contributed by atoms with Gasteiger partial charge in [0, 0.05) is 0 Å². The van der Waals surface area contributed by atoms with Gasteiger partial charge in [0.05, 0.1) is 0 Å². The minimum atomic E-state index is -1.44. The van der Waals surface area contributed by atoms with E-state index < -0.39 is 8.24 Å². The molecule has 0 aliphatic carbocycles. The zero-order valence-electron chi connectivity index (χ0n) is 8.70. The van der Waals surface area contributed by atoms with Crippen LogP contribution in [0, 0.1) is 0 Å². The molecule has 0 spiro atoms. The lowest BCUT2D eigenvalue weighted by Crippen LogP contribution is -2.50. The SMILES string of the molecule is CCC(CC)(CC)[Si](C)(C)N. The van der Waals surface area contributed by atoms with Gasteiger partial charge >= 0.3 is 0 Å². The molecule has 68 valence electrons. The fraction of sp³-hybridized carbons (Fsp3) is 1.00. The summed E-state index contributed by atoms with van der Waals surface area (Å²) >= 11 is 0. The zero-order valence-corrected chi connectivity index (χ0v) is 9.70. The Bertz CT molecular complexity index is 103. The second-order valence-corrected chi connectivity index (χ2v) is 8.57. The van der Waals surface area contributed by atoms with Gasteiger partial charge in [0.2, 0.25) is 0 Å². The summed E-state index contributed by atoms with van der Waals surface area (Å²) in [6.07, 6.45) is 3.74. The van der Waals surface area contributed by atoms with E-state index >= 15 is 0 Å². The zero-order chi connectivity index (χ0) is 9.12. The van der Waals surface area contributed by atoms with E-state index in [1.54, 1.807) is 0 Å². The van der Waals surface area contributed by atoms with Crippen molar-refractivity contribution in [3.05, 3.63) is 0 Å². The summed E-state index contributed by atoms with van der Waals surface area (Å²) in [7, 11) is -1.44. The molecule has 2 heteroatoms. The van der Waals surface area contributed by atoms with Crippen LogP contribution < -0.4 is 5.40 Å². The Morgan fingerprint density at radius 3 is 1.27 bits per heavy atom. The van der Waals surface area contributed by atoms with Gasteiger partial charge in [-0.2, -0.15) is 0 Å². The molecule has 0 bridgehead atoms. The minimum absolute atomic E-state index is 0.479. The average Bonchev–Trinajstić information content (AvgIpc) is 1.90. The van der Waals surface area contributed by atoms with Gasteiger partial charge in [0.1, 0.15) is 8.24 Å². The number of rotatable bonds is 4. The van der Waals surface area contributed by atoms with Gasteiger partial charge in [-0.1, -0.05) is 53.1 Å². The van der Waals surface area contributed by atoms with E-state index in [0.29, 0.717) is 5.04 Å². The fourth-order valence-corrected chi connectivity index (χ4v) is 4.85. The predicted molar refractivity (Wildman–Crippen MR) is 55.2 cm³/mol. The van der Waals surface area contributed by atoms with Crippen molar-refractivity contribution >= 4 is 8.24 Å². The Balaban J connectivity index is 4.54. The number of hydrogen-bond acceptors (Lipinski definition) is 1. The molecule has 0 aliphatic rings. The first-order valence-corrected chi connectivity index (χ1v) is 7.80. The summed E-state index contributed by atoms with van der Waals surface area (Å²) in [5, 5.41) is 6.76. The molecule has 11 heavy (non-hydrogen) atoms. The molecule has 0 aromatic rings. The monoisotopic (exact) mass is 173 g/mol. The van der Waals surface area contributed by atoms with E-state index in [0.717, 1.165) is 0 Å². The summed E-state index contributed by atoms with van der Waals surface area (Å²) < 4.78 is 0. The van der Waals surface area contributed by atoms with Crippen LogP contribution in [0.15, 0.2) is 0 Å². The van der Waals surface area contributed by atoms with Gasteiger partial charge in [-0.25, -0.2) is 0 Å². The van der Waals surface area contributed by atoms with E-state index in [2.05, 4.69) is 33.9 Å². The van der Waals surface area contributed by atoms with Gasteiger partial charge < -0.3 is 5.40 Å². The summed E-state index contributed by atoms with van der Waals surface area (Å²) in [5.74, 6) is 0. The molecule has 0 rings (SSSR count). The Hall–Kier alpha value is 0.177. The molecular weight excluding hydrogens is 150 g/mol. The van der Waals surface area contributed by atoms with Gasteiger partial charge in [-0.05, 0) is 5.04 Å². The Morgan fingerprint density at radius 1 is 1.00 bits per heavy atom. The summed E-state index contributed by atoms with van der Waals surface area (Å²) in [6, 6.07) is 0. The molecule has 0 aromatic carbocycles. The molecule has 0 atom stereocenters. The van der Waals surface area contributed by atoms with Crippen LogP contribution in [0.2, 0.25) is 18.1 Å². The maximum Gasteiger partial charge on any atom is 0.123 e. The molecule has 2 N–H and O–H groups in total. The van der Waals surface area contributed by atoms with Crippen LogP contribution >= 0.6 is 0 Å². The average molecular weight is 173 g/mol. The molecule has 0 saturated heterocycles. The fourth-order valence-electron chi connectivity index (χ4n) is 2.12. The first kappa shape index (κ1) is 11.2. The van der Waals surface area contributed by atoms with E-state index in [1.807, 2.05) is 0 Å². The van der Waals surface area contributed by atoms with Crippen molar-refractivity contribution in [2.45, 2.75) is 58.2 Å². The largest absolute Gasteiger partial charge is 0.351 e. The molecule has 0 aromatic heterocycles. The molecule has 0 amide bonds. The molecule has 0 radical (unpaired) electrons. The highest BCUT2D eigenvalue weighted by Crippen LogP contribution is 2.44. The Labute approximate surface area is 72.5 Å². The summed E-state index contributed by atoms with van der Waals surface area (Å²) in [4.78, 5) is 0. The number of nitrogens with two attached hydrogens (primary N) is 1. The van der Waals surface area contributed by atoms with E-state index in [4.69, 9.17) is 5.40 Å². The quantitative estimate of drug-likeness (QED) is 0.650. The first-order valence-electron chi connectivity index (χ1n) is 4.72. The predicted octanol–water partition coefficient (Wildman–Crippen LogP) is 3.12. The minimum Gasteiger partial charge on any atom is -0.351 e. The van der Waals surface area contributed by atoms with Gasteiger partial charge in [0.25, 0.3) is 0 Å². The van der Waals surface area contributed by atoms with Crippen LogP contribution in [-0.2, 0) is 0 Å². The van der Waals surface area contributed by atoms with Crippen molar-refractivity contribution in [3.8, 4) is 0 Å². The van der Waals surface area contributed by atoms with E-state index in [1.165, 1.54) is 19.3 Å². The third kappa shape index (κ3) is 2.06. The normalized spacial score (nSPS) is 13.6. The van der Waals surface area contributed by atoms with Crippen LogP contribution in [0.5, 0.6) is 0 Å². The van der Waals surface area contributed by atoms with Crippen molar-refractivity contribution in [3.63, 3.8) is 0 Å². The van der Waals surface area contributed by atoms with Crippen molar-refractivity contribution in [2.75, 3.05) is 0 Å². The summed E-state index contributed by atoms with van der Waals surface area (Å²) in [6.45, 7) is 11.4. The standard InChI is InChI=1S/C9H23NSi/c1-6-9(7-2,8-3)11(4,5)10/h6-8,10H2,1-5H3. The lowest BCUT2D eigenvalue weighted by molar-refractivity contribution is 0.477. The van der Waals surface area contributed by atoms with Crippen molar-refractivity contribution in [1.29, 1.82) is 0 Å². The highest BCUT2D eigenvalue weighted by atomic mass is 28.3. The van der Waals surface area contributed by atoms with Crippen molar-refractivity contribution < 1.29 is 0 Å². The van der Waals surface area contributed by atoms with Crippen molar-refractivity contribution in [1.82, 2.24) is 0 Å². The van der Waals surface area contributed by atoms with Crippen LogP contribution in [0.1, 0.15) is 40.0 Å². The van der Waals surface area contributed by atoms with E-state index in [-0.39, 0.29) is 0 Å². The second kappa shape index (κ2) is 3.72. The highest BCUT2D eigenvalue weighted by molar-refractivity contribution is 6.77. The van der Waals surface area contributed by atoms with Crippen LogP contribution in [0.4, 0.5) is 0 Å². The molecule has 0 aliphatic heterocycles. The molecule has 0 saturated carbocycles. The number of hydrogen-bond donors (Lipinski definition) is 1. The lowest BCUT2D eigenvalue weighted by atomic mass is 9.99. The second-order valence-electron chi connectivity index (χ2n) is 4.06. The van der Waals surface area contributed by atoms with Gasteiger partial charge in [0.15, 0.2) is 0 Å². The summed E-state index contributed by atoms with van der Waals surface area (Å²) in [5.41, 5.74) is 0. The van der Waals surface area contributed by atoms with Crippen LogP contribution in [-0.4, -0.2) is 8.24 Å². The Morgan fingerprint density at radius 2 is 1.27 bits per heavy atom. The lowest BCUT2D eigenvalue weighted by Gasteiger charge is -2.41. The van der Waals surface area contributed by atoms with Crippen LogP contribution in [0.25, 0.3) is 0 Å². The Kier molecular flexibility index (Phi) is 3.78. The maximum atomic E-state index is 6.29. The highest BCUT2D eigenvalue weighted by Gasteiger charge is 2.39. The maximum absolute atomic E-state index is 6.29. The molecule has 0 unspecified atom stereocenters. The molecular formula is C9H23NSi. The topological polar surface area (TPSA) is 26.0 Å². The molecule has 1 nitrogen and oxygen atoms in total.